The highest BCUT2D eigenvalue weighted by atomic mass is 19.4. The van der Waals surface area contributed by atoms with Crippen molar-refractivity contribution in [1.29, 1.82) is 0 Å². The number of carboxylic acids is 1. The number of aromatic nitrogens is 3. The number of halogens is 3. The Morgan fingerprint density at radius 1 is 1.05 bits per heavy atom. The van der Waals surface area contributed by atoms with Gasteiger partial charge in [-0.1, -0.05) is 18.0 Å². The predicted molar refractivity (Wildman–Crippen MR) is 125 cm³/mol. The summed E-state index contributed by atoms with van der Waals surface area (Å²) >= 11 is 0. The molecule has 200 valence electrons. The highest BCUT2D eigenvalue weighted by Gasteiger charge is 2.49. The third kappa shape index (κ3) is 4.82. The van der Waals surface area contributed by atoms with Gasteiger partial charge in [0.1, 0.15) is 11.6 Å². The molecule has 2 bridgehead atoms. The van der Waals surface area contributed by atoms with Gasteiger partial charge >= 0.3 is 12.1 Å². The van der Waals surface area contributed by atoms with E-state index in [2.05, 4.69) is 20.0 Å². The Labute approximate surface area is 212 Å². The highest BCUT2D eigenvalue weighted by Crippen LogP contribution is 2.50. The van der Waals surface area contributed by atoms with E-state index >= 15 is 0 Å². The van der Waals surface area contributed by atoms with Crippen LogP contribution in [0.15, 0.2) is 16.9 Å². The average Bonchev–Trinajstić information content (AvgIpc) is 3.58. The molecule has 2 aromatic heterocycles. The van der Waals surface area contributed by atoms with Gasteiger partial charge in [0.15, 0.2) is 5.69 Å². The number of fused-ring (bicyclic) bond motifs is 2. The molecule has 0 spiro atoms. The normalized spacial score (nSPS) is 30.0. The fraction of sp³-hybridized carbons (Fsp3) is 0.692. The van der Waals surface area contributed by atoms with Crippen molar-refractivity contribution in [1.82, 2.24) is 15.1 Å². The second-order valence-corrected chi connectivity index (χ2v) is 11.0. The summed E-state index contributed by atoms with van der Waals surface area (Å²) in [5.41, 5.74) is 1.11. The van der Waals surface area contributed by atoms with Crippen LogP contribution >= 0.6 is 0 Å². The second kappa shape index (κ2) is 9.56. The molecule has 2 saturated carbocycles. The van der Waals surface area contributed by atoms with Crippen LogP contribution in [0.2, 0.25) is 0 Å². The van der Waals surface area contributed by atoms with Crippen molar-refractivity contribution < 1.29 is 32.3 Å². The number of carboxylic acid groups (broad SMARTS) is 1. The molecule has 4 heterocycles. The zero-order valence-electron chi connectivity index (χ0n) is 20.5. The van der Waals surface area contributed by atoms with Gasteiger partial charge in [0.25, 0.3) is 0 Å². The summed E-state index contributed by atoms with van der Waals surface area (Å²) in [6.07, 6.45) is 5.93. The molecular formula is C26H31F3N4O4. The van der Waals surface area contributed by atoms with Crippen LogP contribution in [0.5, 0.6) is 0 Å². The smallest absolute Gasteiger partial charge is 0.392 e. The van der Waals surface area contributed by atoms with Crippen molar-refractivity contribution in [3.05, 3.63) is 35.1 Å². The van der Waals surface area contributed by atoms with Crippen LogP contribution in [0.25, 0.3) is 0 Å². The first-order valence-electron chi connectivity index (χ1n) is 13.3. The van der Waals surface area contributed by atoms with Crippen molar-refractivity contribution >= 4 is 11.8 Å². The Kier molecular flexibility index (Phi) is 6.37. The number of ether oxygens (including phenoxy) is 1. The summed E-state index contributed by atoms with van der Waals surface area (Å²) in [5.74, 6) is -1.54. The van der Waals surface area contributed by atoms with Crippen molar-refractivity contribution in [3.8, 4) is 0 Å². The first-order valence-corrected chi connectivity index (χ1v) is 13.3. The van der Waals surface area contributed by atoms with Crippen LogP contribution in [-0.2, 0) is 11.3 Å². The lowest BCUT2D eigenvalue weighted by atomic mass is 9.76. The molecule has 6 rings (SSSR count). The first-order chi connectivity index (χ1) is 17.8. The quantitative estimate of drug-likeness (QED) is 0.504. The van der Waals surface area contributed by atoms with Gasteiger partial charge in [0, 0.05) is 29.5 Å². The summed E-state index contributed by atoms with van der Waals surface area (Å²) in [7, 11) is 0. The molecule has 1 N–H and O–H groups in total. The van der Waals surface area contributed by atoms with Crippen LogP contribution in [-0.4, -0.2) is 50.6 Å². The van der Waals surface area contributed by atoms with E-state index in [1.54, 1.807) is 0 Å². The van der Waals surface area contributed by atoms with Gasteiger partial charge in [-0.3, -0.25) is 0 Å². The second-order valence-electron chi connectivity index (χ2n) is 11.0. The molecule has 0 aromatic carbocycles. The third-order valence-corrected chi connectivity index (χ3v) is 8.61. The van der Waals surface area contributed by atoms with Crippen molar-refractivity contribution in [3.63, 3.8) is 0 Å². The van der Waals surface area contributed by atoms with Crippen LogP contribution in [0.1, 0.15) is 104 Å². The standard InChI is InChI=1S/C26H31F3N4O4/c27-26(28,29)20-4-2-1-3-18(20)23-19(24(37-32-23)14-5-6-14)13-36-17-9-15-7-8-16(10-17)33(15)22-12-30-21(11-31-22)25(34)35/h11-12,14-18,20H,1-10,13H2,(H,34,35)/t15-,16+,17?,18-,20-/m0/s1. The summed E-state index contributed by atoms with van der Waals surface area (Å²) in [6, 6.07) is 0.401. The predicted octanol–water partition coefficient (Wildman–Crippen LogP) is 5.59. The molecule has 5 atom stereocenters. The van der Waals surface area contributed by atoms with Crippen LogP contribution in [0.4, 0.5) is 19.0 Å². The first kappa shape index (κ1) is 24.6. The number of anilines is 1. The lowest BCUT2D eigenvalue weighted by Gasteiger charge is -2.39. The number of aromatic carboxylic acids is 1. The molecule has 2 aliphatic heterocycles. The summed E-state index contributed by atoms with van der Waals surface area (Å²) < 4.78 is 53.6. The maximum atomic E-state index is 13.9. The number of nitrogens with zero attached hydrogens (tertiary/aromatic N) is 4. The van der Waals surface area contributed by atoms with Crippen LogP contribution in [0.3, 0.4) is 0 Å². The zero-order chi connectivity index (χ0) is 25.7. The Hall–Kier alpha value is -2.69. The SMILES string of the molecule is O=C(O)c1cnc(N2[C@@H]3CC[C@H]2CC(OCc2c([C@H]4CCCC[C@@H]4C(F)(F)F)noc2C2CC2)C3)cn1. The summed E-state index contributed by atoms with van der Waals surface area (Å²) in [4.78, 5) is 21.7. The van der Waals surface area contributed by atoms with E-state index in [4.69, 9.17) is 14.4 Å². The van der Waals surface area contributed by atoms with Gasteiger partial charge in [0.05, 0.1) is 36.7 Å². The Balaban J connectivity index is 1.17. The molecular weight excluding hydrogens is 489 g/mol. The molecule has 2 saturated heterocycles. The van der Waals surface area contributed by atoms with E-state index in [-0.39, 0.29) is 42.8 Å². The fourth-order valence-corrected chi connectivity index (χ4v) is 6.69. The minimum absolute atomic E-state index is 0.0282. The van der Waals surface area contributed by atoms with Crippen molar-refractivity contribution in [2.24, 2.45) is 5.92 Å². The minimum Gasteiger partial charge on any atom is -0.476 e. The number of carbonyl (C=O) groups is 1. The van der Waals surface area contributed by atoms with Gasteiger partial charge in [-0.05, 0) is 51.4 Å². The van der Waals surface area contributed by atoms with E-state index in [1.165, 1.54) is 12.4 Å². The minimum atomic E-state index is -4.25. The largest absolute Gasteiger partial charge is 0.476 e. The zero-order valence-corrected chi connectivity index (χ0v) is 20.5. The third-order valence-electron chi connectivity index (χ3n) is 8.61. The van der Waals surface area contributed by atoms with E-state index in [9.17, 15) is 18.0 Å². The topological polar surface area (TPSA) is 102 Å². The van der Waals surface area contributed by atoms with Gasteiger partial charge in [-0.2, -0.15) is 13.2 Å². The molecule has 11 heteroatoms. The summed E-state index contributed by atoms with van der Waals surface area (Å²) in [5, 5.41) is 13.3. The van der Waals surface area contributed by atoms with Crippen molar-refractivity contribution in [2.45, 2.75) is 107 Å². The molecule has 0 amide bonds. The lowest BCUT2D eigenvalue weighted by molar-refractivity contribution is -0.187. The molecule has 37 heavy (non-hydrogen) atoms. The molecule has 8 nitrogen and oxygen atoms in total. The molecule has 4 fully saturated rings. The maximum absolute atomic E-state index is 13.9. The molecule has 2 aliphatic carbocycles. The Bertz CT molecular complexity index is 1120. The molecule has 2 aromatic rings. The number of hydrogen-bond acceptors (Lipinski definition) is 7. The van der Waals surface area contributed by atoms with Gasteiger partial charge < -0.3 is 19.3 Å². The van der Waals surface area contributed by atoms with Crippen LogP contribution < -0.4 is 4.90 Å². The molecule has 0 radical (unpaired) electrons. The van der Waals surface area contributed by atoms with Gasteiger partial charge in [-0.15, -0.1) is 0 Å². The van der Waals surface area contributed by atoms with E-state index in [0.29, 0.717) is 24.4 Å². The highest BCUT2D eigenvalue weighted by molar-refractivity contribution is 5.84. The lowest BCUT2D eigenvalue weighted by Crippen LogP contribution is -2.46. The average molecular weight is 521 g/mol. The van der Waals surface area contributed by atoms with Gasteiger partial charge in [0.2, 0.25) is 0 Å². The maximum Gasteiger partial charge on any atom is 0.392 e. The van der Waals surface area contributed by atoms with E-state index in [1.807, 2.05) is 0 Å². The number of rotatable bonds is 7. The number of alkyl halides is 3. The Morgan fingerprint density at radius 3 is 2.41 bits per heavy atom. The molecule has 1 unspecified atom stereocenters. The van der Waals surface area contributed by atoms with E-state index in [0.717, 1.165) is 56.3 Å². The number of piperidine rings is 1. The molecule has 4 aliphatic rings. The number of hydrogen-bond donors (Lipinski definition) is 1. The monoisotopic (exact) mass is 520 g/mol. The fourth-order valence-electron chi connectivity index (χ4n) is 6.69. The van der Waals surface area contributed by atoms with E-state index < -0.39 is 24.0 Å². The Morgan fingerprint density at radius 2 is 1.78 bits per heavy atom. The van der Waals surface area contributed by atoms with Crippen LogP contribution in [0, 0.1) is 5.92 Å². The van der Waals surface area contributed by atoms with Gasteiger partial charge in [-0.25, -0.2) is 14.8 Å². The van der Waals surface area contributed by atoms with Crippen molar-refractivity contribution in [2.75, 3.05) is 4.90 Å². The summed E-state index contributed by atoms with van der Waals surface area (Å²) in [6.45, 7) is 0.225.